The lowest BCUT2D eigenvalue weighted by Crippen LogP contribution is -2.29. The lowest BCUT2D eigenvalue weighted by atomic mass is 10.1. The van der Waals surface area contributed by atoms with Crippen LogP contribution in [0.3, 0.4) is 0 Å². The lowest BCUT2D eigenvalue weighted by molar-refractivity contribution is -0.140. The molecule has 0 saturated heterocycles. The SMILES string of the molecule is COC(=O)CCSCCNC(C)CC(C)C. The zero-order chi connectivity index (χ0) is 12.4. The predicted octanol–water partition coefficient (Wildman–Crippen LogP) is 2.31. The lowest BCUT2D eigenvalue weighted by Gasteiger charge is -2.15. The molecule has 0 aromatic heterocycles. The molecule has 1 unspecified atom stereocenters. The Balaban J connectivity index is 3.23. The fourth-order valence-electron chi connectivity index (χ4n) is 1.53. The highest BCUT2D eigenvalue weighted by Gasteiger charge is 2.03. The van der Waals surface area contributed by atoms with Crippen molar-refractivity contribution in [2.45, 2.75) is 39.7 Å². The molecule has 0 fully saturated rings. The second-order valence-corrected chi connectivity index (χ2v) is 5.65. The fraction of sp³-hybridized carbons (Fsp3) is 0.917. The molecule has 1 N–H and O–H groups in total. The Hall–Kier alpha value is -0.220. The maximum absolute atomic E-state index is 10.8. The Morgan fingerprint density at radius 3 is 2.56 bits per heavy atom. The van der Waals surface area contributed by atoms with E-state index in [1.165, 1.54) is 13.5 Å². The zero-order valence-electron chi connectivity index (χ0n) is 10.9. The molecular weight excluding hydrogens is 222 g/mol. The van der Waals surface area contributed by atoms with Gasteiger partial charge in [-0.15, -0.1) is 0 Å². The Morgan fingerprint density at radius 2 is 2.00 bits per heavy atom. The summed E-state index contributed by atoms with van der Waals surface area (Å²) in [5.74, 6) is 2.54. The van der Waals surface area contributed by atoms with Crippen LogP contribution in [0.5, 0.6) is 0 Å². The fourth-order valence-corrected chi connectivity index (χ4v) is 2.30. The Labute approximate surface area is 104 Å². The summed E-state index contributed by atoms with van der Waals surface area (Å²) >= 11 is 1.79. The van der Waals surface area contributed by atoms with Crippen molar-refractivity contribution < 1.29 is 9.53 Å². The molecule has 0 bridgehead atoms. The number of methoxy groups -OCH3 is 1. The first kappa shape index (κ1) is 15.8. The van der Waals surface area contributed by atoms with E-state index in [2.05, 4.69) is 30.8 Å². The van der Waals surface area contributed by atoms with Crippen molar-refractivity contribution in [3.63, 3.8) is 0 Å². The summed E-state index contributed by atoms with van der Waals surface area (Å²) in [4.78, 5) is 10.8. The summed E-state index contributed by atoms with van der Waals surface area (Å²) in [6, 6.07) is 0.584. The van der Waals surface area contributed by atoms with E-state index in [1.54, 1.807) is 11.8 Å². The molecule has 0 spiro atoms. The van der Waals surface area contributed by atoms with Gasteiger partial charge in [-0.2, -0.15) is 11.8 Å². The third-order valence-corrected chi connectivity index (χ3v) is 3.23. The van der Waals surface area contributed by atoms with Crippen LogP contribution in [0.4, 0.5) is 0 Å². The van der Waals surface area contributed by atoms with E-state index in [0.29, 0.717) is 12.5 Å². The molecule has 0 aromatic carbocycles. The Morgan fingerprint density at radius 1 is 1.31 bits per heavy atom. The van der Waals surface area contributed by atoms with Crippen molar-refractivity contribution in [3.05, 3.63) is 0 Å². The van der Waals surface area contributed by atoms with Crippen molar-refractivity contribution >= 4 is 17.7 Å². The van der Waals surface area contributed by atoms with Crippen molar-refractivity contribution in [1.82, 2.24) is 5.32 Å². The summed E-state index contributed by atoms with van der Waals surface area (Å²) < 4.78 is 4.57. The molecular formula is C12H25NO2S. The van der Waals surface area contributed by atoms with Gasteiger partial charge in [0, 0.05) is 24.1 Å². The maximum atomic E-state index is 10.8. The molecule has 16 heavy (non-hydrogen) atoms. The maximum Gasteiger partial charge on any atom is 0.306 e. The molecule has 0 aliphatic heterocycles. The third-order valence-electron chi connectivity index (χ3n) is 2.24. The third kappa shape index (κ3) is 10.3. The number of carbonyl (C=O) groups is 1. The van der Waals surface area contributed by atoms with E-state index in [9.17, 15) is 4.79 Å². The summed E-state index contributed by atoms with van der Waals surface area (Å²) in [7, 11) is 1.43. The number of ether oxygens (including phenoxy) is 1. The molecule has 96 valence electrons. The number of carbonyl (C=O) groups excluding carboxylic acids is 1. The van der Waals surface area contributed by atoms with Crippen LogP contribution >= 0.6 is 11.8 Å². The van der Waals surface area contributed by atoms with Gasteiger partial charge in [0.05, 0.1) is 13.5 Å². The molecule has 0 rings (SSSR count). The highest BCUT2D eigenvalue weighted by molar-refractivity contribution is 7.99. The monoisotopic (exact) mass is 247 g/mol. The molecule has 0 saturated carbocycles. The van der Waals surface area contributed by atoms with Gasteiger partial charge in [-0.25, -0.2) is 0 Å². The van der Waals surface area contributed by atoms with Crippen LogP contribution in [0.1, 0.15) is 33.6 Å². The van der Waals surface area contributed by atoms with E-state index >= 15 is 0 Å². The second kappa shape index (κ2) is 9.97. The van der Waals surface area contributed by atoms with Crippen LogP contribution in [0.2, 0.25) is 0 Å². The van der Waals surface area contributed by atoms with Crippen molar-refractivity contribution in [3.8, 4) is 0 Å². The van der Waals surface area contributed by atoms with Gasteiger partial charge in [-0.05, 0) is 19.3 Å². The second-order valence-electron chi connectivity index (χ2n) is 4.42. The largest absolute Gasteiger partial charge is 0.469 e. The summed E-state index contributed by atoms with van der Waals surface area (Å²) in [6.45, 7) is 7.71. The molecule has 0 aromatic rings. The molecule has 0 radical (unpaired) electrons. The van der Waals surface area contributed by atoms with E-state index in [1.807, 2.05) is 0 Å². The summed E-state index contributed by atoms with van der Waals surface area (Å²) in [5.41, 5.74) is 0. The molecule has 4 heteroatoms. The van der Waals surface area contributed by atoms with Crippen LogP contribution < -0.4 is 5.32 Å². The van der Waals surface area contributed by atoms with Crippen LogP contribution in [0, 0.1) is 5.92 Å². The number of nitrogens with one attached hydrogen (secondary N) is 1. The first-order chi connectivity index (χ1) is 7.56. The van der Waals surface area contributed by atoms with Crippen LogP contribution in [0.15, 0.2) is 0 Å². The van der Waals surface area contributed by atoms with Gasteiger partial charge in [0.1, 0.15) is 0 Å². The van der Waals surface area contributed by atoms with E-state index in [-0.39, 0.29) is 5.97 Å². The highest BCUT2D eigenvalue weighted by atomic mass is 32.2. The van der Waals surface area contributed by atoms with Crippen LogP contribution in [-0.2, 0) is 9.53 Å². The number of rotatable bonds is 9. The van der Waals surface area contributed by atoms with Gasteiger partial charge in [0.15, 0.2) is 0 Å². The van der Waals surface area contributed by atoms with Crippen molar-refractivity contribution in [1.29, 1.82) is 0 Å². The van der Waals surface area contributed by atoms with Gasteiger partial charge in [-0.1, -0.05) is 13.8 Å². The van der Waals surface area contributed by atoms with E-state index < -0.39 is 0 Å². The topological polar surface area (TPSA) is 38.3 Å². The van der Waals surface area contributed by atoms with Crippen molar-refractivity contribution in [2.24, 2.45) is 5.92 Å². The first-order valence-electron chi connectivity index (χ1n) is 5.94. The number of esters is 1. The quantitative estimate of drug-likeness (QED) is 0.501. The molecule has 0 aliphatic rings. The number of hydrogen-bond donors (Lipinski definition) is 1. The van der Waals surface area contributed by atoms with Gasteiger partial charge in [-0.3, -0.25) is 4.79 Å². The predicted molar refractivity (Wildman–Crippen MR) is 70.9 cm³/mol. The smallest absolute Gasteiger partial charge is 0.306 e. The standard InChI is InChI=1S/C12H25NO2S/c1-10(2)9-11(3)13-6-8-16-7-5-12(14)15-4/h10-11,13H,5-9H2,1-4H3. The average Bonchev–Trinajstić information content (AvgIpc) is 2.21. The van der Waals surface area contributed by atoms with Crippen molar-refractivity contribution in [2.75, 3.05) is 25.2 Å². The Kier molecular flexibility index (Phi) is 9.83. The molecule has 0 heterocycles. The normalized spacial score (nSPS) is 12.8. The molecule has 0 amide bonds. The van der Waals surface area contributed by atoms with Crippen LogP contribution in [0.25, 0.3) is 0 Å². The van der Waals surface area contributed by atoms with Gasteiger partial charge < -0.3 is 10.1 Å². The number of thioether (sulfide) groups is 1. The van der Waals surface area contributed by atoms with Gasteiger partial charge in [0.2, 0.25) is 0 Å². The minimum absolute atomic E-state index is 0.117. The number of hydrogen-bond acceptors (Lipinski definition) is 4. The minimum atomic E-state index is -0.117. The average molecular weight is 247 g/mol. The Bertz CT molecular complexity index is 186. The van der Waals surface area contributed by atoms with Gasteiger partial charge in [0.25, 0.3) is 0 Å². The highest BCUT2D eigenvalue weighted by Crippen LogP contribution is 2.05. The molecule has 1 atom stereocenters. The molecule has 3 nitrogen and oxygen atoms in total. The van der Waals surface area contributed by atoms with E-state index in [4.69, 9.17) is 0 Å². The zero-order valence-corrected chi connectivity index (χ0v) is 11.7. The van der Waals surface area contributed by atoms with E-state index in [0.717, 1.165) is 24.0 Å². The van der Waals surface area contributed by atoms with Crippen LogP contribution in [-0.4, -0.2) is 37.2 Å². The minimum Gasteiger partial charge on any atom is -0.469 e. The van der Waals surface area contributed by atoms with Gasteiger partial charge >= 0.3 is 5.97 Å². The summed E-state index contributed by atoms with van der Waals surface area (Å²) in [5, 5.41) is 3.48. The molecule has 0 aliphatic carbocycles. The first-order valence-corrected chi connectivity index (χ1v) is 7.09. The summed E-state index contributed by atoms with van der Waals surface area (Å²) in [6.07, 6.45) is 1.73.